The largest absolute Gasteiger partial charge is 0.573 e. The normalized spacial score (nSPS) is 11.6. The van der Waals surface area contributed by atoms with Gasteiger partial charge in [-0.2, -0.15) is 0 Å². The van der Waals surface area contributed by atoms with E-state index >= 15 is 0 Å². The van der Waals surface area contributed by atoms with Crippen LogP contribution in [0.4, 0.5) is 37.7 Å². The molecule has 0 bridgehead atoms. The standard InChI is InChI=1S/C32H26Br2F6N2O6S2/c1-3-45-29(43)17-41(49-27-13-9-19(33)15-25(27)47-31(35,36)37)23-11-12-24(22-8-6-5-7-21(22)23)42(18-30(44)46-4-2)50-28-14-10-20(34)16-26(28)48-32(38,39)40/h5-16H,3-4,17-18H2,1-2H3. The summed E-state index contributed by atoms with van der Waals surface area (Å²) in [7, 11) is 0. The van der Waals surface area contributed by atoms with Crippen LogP contribution in [0, 0.1) is 0 Å². The Labute approximate surface area is 307 Å². The number of anilines is 2. The second kappa shape index (κ2) is 17.2. The Bertz CT molecular complexity index is 1700. The van der Waals surface area contributed by atoms with Crippen molar-refractivity contribution in [2.24, 2.45) is 0 Å². The number of alkyl halides is 6. The molecular weight excluding hydrogens is 846 g/mol. The van der Waals surface area contributed by atoms with Crippen LogP contribution in [0.5, 0.6) is 11.5 Å². The van der Waals surface area contributed by atoms with Crippen molar-refractivity contribution >= 4 is 89.8 Å². The van der Waals surface area contributed by atoms with Crippen molar-refractivity contribution < 1.29 is 54.9 Å². The molecule has 8 nitrogen and oxygen atoms in total. The SMILES string of the molecule is CCOC(=O)CN(Sc1ccc(Br)cc1OC(F)(F)F)c1ccc(N(CC(=O)OCC)Sc2ccc(Br)cc2OC(F)(F)F)c2ccccc12. The van der Waals surface area contributed by atoms with Crippen molar-refractivity contribution in [3.63, 3.8) is 0 Å². The first-order valence-corrected chi connectivity index (χ1v) is 17.5. The lowest BCUT2D eigenvalue weighted by Crippen LogP contribution is -2.27. The molecule has 0 amide bonds. The van der Waals surface area contributed by atoms with Gasteiger partial charge in [0.05, 0.1) is 34.4 Å². The van der Waals surface area contributed by atoms with Crippen LogP contribution in [0.1, 0.15) is 13.8 Å². The van der Waals surface area contributed by atoms with Gasteiger partial charge in [-0.3, -0.25) is 9.59 Å². The van der Waals surface area contributed by atoms with Gasteiger partial charge in [0.2, 0.25) is 0 Å². The number of nitrogens with zero attached hydrogens (tertiary/aromatic N) is 2. The summed E-state index contributed by atoms with van der Waals surface area (Å²) in [4.78, 5) is 25.6. The quantitative estimate of drug-likeness (QED) is 0.0695. The molecule has 18 heteroatoms. The van der Waals surface area contributed by atoms with Crippen molar-refractivity contribution in [3.8, 4) is 11.5 Å². The number of fused-ring (bicyclic) bond motifs is 1. The van der Waals surface area contributed by atoms with E-state index in [0.29, 0.717) is 31.1 Å². The molecule has 0 radical (unpaired) electrons. The van der Waals surface area contributed by atoms with Crippen LogP contribution in [0.3, 0.4) is 0 Å². The van der Waals surface area contributed by atoms with E-state index in [-0.39, 0.29) is 23.0 Å². The molecular formula is C32H26Br2F6N2O6S2. The average molecular weight is 872 g/mol. The fourth-order valence-corrected chi connectivity index (χ4v) is 7.09. The molecule has 268 valence electrons. The van der Waals surface area contributed by atoms with Crippen LogP contribution in [0.25, 0.3) is 10.8 Å². The summed E-state index contributed by atoms with van der Waals surface area (Å²) >= 11 is 7.90. The van der Waals surface area contributed by atoms with Gasteiger partial charge < -0.3 is 27.6 Å². The first kappa shape index (κ1) is 39.3. The van der Waals surface area contributed by atoms with Gasteiger partial charge in [-0.1, -0.05) is 56.1 Å². The van der Waals surface area contributed by atoms with Gasteiger partial charge in [0.15, 0.2) is 0 Å². The van der Waals surface area contributed by atoms with Crippen molar-refractivity contribution in [1.82, 2.24) is 0 Å². The second-order valence-corrected chi connectivity index (χ2v) is 13.8. The molecule has 0 atom stereocenters. The number of carbonyl (C=O) groups excluding carboxylic acids is 2. The van der Waals surface area contributed by atoms with Gasteiger partial charge in [-0.25, -0.2) is 0 Å². The lowest BCUT2D eigenvalue weighted by atomic mass is 10.1. The van der Waals surface area contributed by atoms with Crippen LogP contribution in [0.2, 0.25) is 0 Å². The zero-order chi connectivity index (χ0) is 36.6. The van der Waals surface area contributed by atoms with Crippen LogP contribution in [0.15, 0.2) is 91.5 Å². The molecule has 0 fully saturated rings. The van der Waals surface area contributed by atoms with Gasteiger partial charge in [0.1, 0.15) is 24.6 Å². The zero-order valence-electron chi connectivity index (χ0n) is 25.9. The van der Waals surface area contributed by atoms with E-state index in [2.05, 4.69) is 41.3 Å². The molecule has 0 aliphatic rings. The summed E-state index contributed by atoms with van der Waals surface area (Å²) in [5.74, 6) is -2.38. The number of rotatable bonds is 14. The van der Waals surface area contributed by atoms with Crippen molar-refractivity contribution in [2.45, 2.75) is 36.4 Å². The zero-order valence-corrected chi connectivity index (χ0v) is 30.7. The number of ether oxygens (including phenoxy) is 4. The Hall–Kier alpha value is -3.48. The van der Waals surface area contributed by atoms with Gasteiger partial charge in [0.25, 0.3) is 0 Å². The molecule has 0 heterocycles. The maximum absolute atomic E-state index is 13.3. The third kappa shape index (κ3) is 11.3. The van der Waals surface area contributed by atoms with E-state index in [0.717, 1.165) is 36.0 Å². The smallest absolute Gasteiger partial charge is 0.465 e. The van der Waals surface area contributed by atoms with E-state index in [1.807, 2.05) is 0 Å². The summed E-state index contributed by atoms with van der Waals surface area (Å²) < 4.78 is 102. The summed E-state index contributed by atoms with van der Waals surface area (Å²) in [6.45, 7) is 2.51. The number of esters is 2. The maximum atomic E-state index is 13.3. The number of carbonyl (C=O) groups is 2. The Kier molecular flexibility index (Phi) is 13.5. The lowest BCUT2D eigenvalue weighted by Gasteiger charge is -2.28. The molecule has 4 aromatic rings. The van der Waals surface area contributed by atoms with Gasteiger partial charge >= 0.3 is 24.7 Å². The van der Waals surface area contributed by atoms with Crippen LogP contribution >= 0.6 is 55.8 Å². The predicted octanol–water partition coefficient (Wildman–Crippen LogP) is 10.3. The summed E-state index contributed by atoms with van der Waals surface area (Å²) in [6.07, 6.45) is -10.0. The van der Waals surface area contributed by atoms with Crippen LogP contribution in [-0.2, 0) is 19.1 Å². The number of hydrogen-bond acceptors (Lipinski definition) is 10. The van der Waals surface area contributed by atoms with Crippen molar-refractivity contribution in [3.05, 3.63) is 81.7 Å². The predicted molar refractivity (Wildman–Crippen MR) is 185 cm³/mol. The molecule has 50 heavy (non-hydrogen) atoms. The minimum atomic E-state index is -5.00. The maximum Gasteiger partial charge on any atom is 0.573 e. The second-order valence-electron chi connectivity index (χ2n) is 9.79. The highest BCUT2D eigenvalue weighted by molar-refractivity contribution is 9.10. The average Bonchev–Trinajstić information content (AvgIpc) is 3.01. The van der Waals surface area contributed by atoms with Gasteiger partial charge in [-0.05, 0) is 86.3 Å². The molecule has 0 aliphatic heterocycles. The van der Waals surface area contributed by atoms with E-state index in [9.17, 15) is 35.9 Å². The fraction of sp³-hybridized carbons (Fsp3) is 0.250. The minimum absolute atomic E-state index is 0.0231. The molecule has 4 rings (SSSR count). The Morgan fingerprint density at radius 1 is 0.640 bits per heavy atom. The van der Waals surface area contributed by atoms with Gasteiger partial charge in [0, 0.05) is 19.7 Å². The summed E-state index contributed by atoms with van der Waals surface area (Å²) in [6, 6.07) is 18.0. The molecule has 0 spiro atoms. The molecule has 0 saturated carbocycles. The Balaban J connectivity index is 1.85. The van der Waals surface area contributed by atoms with E-state index in [1.54, 1.807) is 50.2 Å². The number of halogens is 8. The van der Waals surface area contributed by atoms with Crippen molar-refractivity contribution in [1.29, 1.82) is 0 Å². The number of benzene rings is 4. The topological polar surface area (TPSA) is 77.5 Å². The van der Waals surface area contributed by atoms with Gasteiger partial charge in [-0.15, -0.1) is 26.3 Å². The first-order chi connectivity index (χ1) is 23.6. The first-order valence-electron chi connectivity index (χ1n) is 14.4. The molecule has 0 unspecified atom stereocenters. The fourth-order valence-electron chi connectivity index (χ4n) is 4.44. The van der Waals surface area contributed by atoms with E-state index < -0.39 is 49.3 Å². The highest BCUT2D eigenvalue weighted by Crippen LogP contribution is 2.45. The molecule has 0 aromatic heterocycles. The van der Waals surface area contributed by atoms with Crippen LogP contribution in [-0.4, -0.2) is 51.0 Å². The van der Waals surface area contributed by atoms with E-state index in [1.165, 1.54) is 32.9 Å². The summed E-state index contributed by atoms with van der Waals surface area (Å²) in [5.41, 5.74) is 0.739. The van der Waals surface area contributed by atoms with Crippen LogP contribution < -0.4 is 18.1 Å². The third-order valence-electron chi connectivity index (χ3n) is 6.25. The Morgan fingerprint density at radius 3 is 1.36 bits per heavy atom. The third-order valence-corrected chi connectivity index (χ3v) is 9.40. The highest BCUT2D eigenvalue weighted by Gasteiger charge is 2.34. The summed E-state index contributed by atoms with van der Waals surface area (Å²) in [5, 5.41) is 0.962. The number of hydrogen-bond donors (Lipinski definition) is 0. The van der Waals surface area contributed by atoms with E-state index in [4.69, 9.17) is 9.47 Å². The highest BCUT2D eigenvalue weighted by atomic mass is 79.9. The molecule has 4 aromatic carbocycles. The molecule has 0 aliphatic carbocycles. The molecule has 0 saturated heterocycles. The lowest BCUT2D eigenvalue weighted by molar-refractivity contribution is -0.276. The minimum Gasteiger partial charge on any atom is -0.465 e. The van der Waals surface area contributed by atoms with Crippen molar-refractivity contribution in [2.75, 3.05) is 34.9 Å². The Morgan fingerprint density at radius 2 is 1.02 bits per heavy atom. The molecule has 0 N–H and O–H groups in total. The monoisotopic (exact) mass is 870 g/mol.